The number of rotatable bonds is 6. The first-order chi connectivity index (χ1) is 34.7. The van der Waals surface area contributed by atoms with Gasteiger partial charge in [-0.1, -0.05) is 231 Å². The summed E-state index contributed by atoms with van der Waals surface area (Å²) in [5, 5.41) is 7.66. The molecule has 2 heterocycles. The summed E-state index contributed by atoms with van der Waals surface area (Å²) in [7, 11) is 0. The van der Waals surface area contributed by atoms with Gasteiger partial charge in [-0.15, -0.1) is 22.7 Å². The molecule has 2 heteroatoms. The second-order valence-electron chi connectivity index (χ2n) is 18.9. The molecule has 2 aliphatic rings. The maximum atomic E-state index is 2.55. The van der Waals surface area contributed by atoms with E-state index in [4.69, 9.17) is 0 Å². The molecule has 0 unspecified atom stereocenters. The van der Waals surface area contributed by atoms with Gasteiger partial charge in [0.2, 0.25) is 0 Å². The van der Waals surface area contributed by atoms with Gasteiger partial charge in [0.25, 0.3) is 0 Å². The van der Waals surface area contributed by atoms with Gasteiger partial charge < -0.3 is 0 Å². The lowest BCUT2D eigenvalue weighted by Gasteiger charge is -2.34. The molecule has 0 saturated carbocycles. The maximum Gasteiger partial charge on any atom is 0.0728 e. The Hall–Kier alpha value is -8.14. The SMILES string of the molecule is c1ccc(C2(c3ccccc3)c3cc(-c4c5ccccc5c(-c5ccc6c(c5)C(c5ccccc5)(c5ccccc5)c5c-6sc6ccccc56)c5ccccc45)ccc3-c3sc4ccccc4c32)cc1. The molecule has 0 amide bonds. The lowest BCUT2D eigenvalue weighted by molar-refractivity contribution is 0.777. The summed E-state index contributed by atoms with van der Waals surface area (Å²) in [5.41, 5.74) is 17.2. The first kappa shape index (κ1) is 39.8. The second-order valence-corrected chi connectivity index (χ2v) is 21.0. The van der Waals surface area contributed by atoms with E-state index >= 15 is 0 Å². The predicted molar refractivity (Wildman–Crippen MR) is 298 cm³/mol. The van der Waals surface area contributed by atoms with E-state index in [1.54, 1.807) is 0 Å². The van der Waals surface area contributed by atoms with Crippen LogP contribution in [0, 0.1) is 0 Å². The van der Waals surface area contributed by atoms with Crippen LogP contribution in [0.3, 0.4) is 0 Å². The van der Waals surface area contributed by atoms with Crippen LogP contribution in [0.25, 0.3) is 84.9 Å². The molecule has 2 aliphatic carbocycles. The van der Waals surface area contributed by atoms with Crippen molar-refractivity contribution in [2.24, 2.45) is 0 Å². The van der Waals surface area contributed by atoms with Crippen molar-refractivity contribution in [1.29, 1.82) is 0 Å². The lowest BCUT2D eigenvalue weighted by atomic mass is 9.67. The van der Waals surface area contributed by atoms with Gasteiger partial charge in [0.15, 0.2) is 0 Å². The highest BCUT2D eigenvalue weighted by atomic mass is 32.1. The fraction of sp³-hybridized carbons (Fsp3) is 0.0294. The minimum Gasteiger partial charge on any atom is -0.135 e. The van der Waals surface area contributed by atoms with Gasteiger partial charge in [-0.05, 0) is 134 Å². The van der Waals surface area contributed by atoms with E-state index in [-0.39, 0.29) is 0 Å². The summed E-state index contributed by atoms with van der Waals surface area (Å²) in [6.45, 7) is 0. The number of thiophene rings is 2. The van der Waals surface area contributed by atoms with E-state index in [9.17, 15) is 0 Å². The Labute approximate surface area is 415 Å². The number of fused-ring (bicyclic) bond motifs is 12. The number of hydrogen-bond acceptors (Lipinski definition) is 2. The summed E-state index contributed by atoms with van der Waals surface area (Å²) < 4.78 is 2.65. The molecule has 0 spiro atoms. The highest BCUT2D eigenvalue weighted by Gasteiger charge is 2.50. The molecule has 11 aromatic carbocycles. The Morgan fingerprint density at radius 2 is 0.543 bits per heavy atom. The van der Waals surface area contributed by atoms with Gasteiger partial charge in [0.05, 0.1) is 10.8 Å². The Morgan fingerprint density at radius 1 is 0.257 bits per heavy atom. The molecule has 0 fully saturated rings. The van der Waals surface area contributed by atoms with Gasteiger partial charge in [-0.2, -0.15) is 0 Å². The monoisotopic (exact) mass is 922 g/mol. The average Bonchev–Trinajstić information content (AvgIpc) is 4.17. The lowest BCUT2D eigenvalue weighted by Crippen LogP contribution is -2.28. The van der Waals surface area contributed by atoms with Crippen molar-refractivity contribution in [2.45, 2.75) is 10.8 Å². The zero-order valence-electron chi connectivity index (χ0n) is 38.1. The predicted octanol–water partition coefficient (Wildman–Crippen LogP) is 18.5. The molecule has 0 radical (unpaired) electrons. The highest BCUT2D eigenvalue weighted by molar-refractivity contribution is 7.23. The third kappa shape index (κ3) is 5.30. The quantitative estimate of drug-likeness (QED) is 0.146. The summed E-state index contributed by atoms with van der Waals surface area (Å²) in [6.07, 6.45) is 0. The molecule has 0 N–H and O–H groups in total. The van der Waals surface area contributed by atoms with Crippen LogP contribution in [0.1, 0.15) is 44.5 Å². The minimum absolute atomic E-state index is 0.518. The van der Waals surface area contributed by atoms with Crippen LogP contribution in [-0.2, 0) is 10.8 Å². The van der Waals surface area contributed by atoms with Crippen LogP contribution in [0.2, 0.25) is 0 Å². The van der Waals surface area contributed by atoms with E-state index in [0.717, 1.165) is 0 Å². The first-order valence-electron chi connectivity index (χ1n) is 24.2. The normalized spacial score (nSPS) is 13.9. The van der Waals surface area contributed by atoms with E-state index in [1.807, 2.05) is 22.7 Å². The van der Waals surface area contributed by atoms with Crippen LogP contribution < -0.4 is 0 Å². The van der Waals surface area contributed by atoms with Crippen molar-refractivity contribution in [2.75, 3.05) is 0 Å². The second kappa shape index (κ2) is 15.2. The largest absolute Gasteiger partial charge is 0.135 e. The first-order valence-corrected chi connectivity index (χ1v) is 25.9. The number of hydrogen-bond donors (Lipinski definition) is 0. The van der Waals surface area contributed by atoms with Crippen LogP contribution in [0.15, 0.2) is 255 Å². The Bertz CT molecular complexity index is 3810. The van der Waals surface area contributed by atoms with E-state index in [1.165, 1.54) is 129 Å². The highest BCUT2D eigenvalue weighted by Crippen LogP contribution is 2.63. The number of benzene rings is 11. The fourth-order valence-electron chi connectivity index (χ4n) is 12.9. The van der Waals surface area contributed by atoms with Gasteiger partial charge >= 0.3 is 0 Å². The third-order valence-corrected chi connectivity index (χ3v) is 18.0. The molecule has 13 aromatic rings. The van der Waals surface area contributed by atoms with Gasteiger partial charge in [-0.25, -0.2) is 0 Å². The Morgan fingerprint density at radius 3 is 0.871 bits per heavy atom. The van der Waals surface area contributed by atoms with Gasteiger partial charge in [0, 0.05) is 19.2 Å². The molecule has 15 rings (SSSR count). The minimum atomic E-state index is -0.518. The Balaban J connectivity index is 1.00. The van der Waals surface area contributed by atoms with Gasteiger partial charge in [0.1, 0.15) is 0 Å². The molecule has 0 atom stereocenters. The summed E-state index contributed by atoms with van der Waals surface area (Å²) in [5.74, 6) is 0. The molecule has 0 bridgehead atoms. The van der Waals surface area contributed by atoms with E-state index < -0.39 is 10.8 Å². The van der Waals surface area contributed by atoms with Crippen LogP contribution >= 0.6 is 22.7 Å². The summed E-state index contributed by atoms with van der Waals surface area (Å²) >= 11 is 3.86. The Kier molecular flexibility index (Phi) is 8.63. The van der Waals surface area contributed by atoms with Crippen molar-refractivity contribution >= 4 is 64.4 Å². The topological polar surface area (TPSA) is 0 Å². The van der Waals surface area contributed by atoms with Crippen molar-refractivity contribution in [3.05, 3.63) is 299 Å². The summed E-state index contributed by atoms with van der Waals surface area (Å²) in [6, 6.07) is 96.1. The molecule has 0 nitrogen and oxygen atoms in total. The zero-order chi connectivity index (χ0) is 46.0. The smallest absolute Gasteiger partial charge is 0.0728 e. The molecular weight excluding hydrogens is 881 g/mol. The van der Waals surface area contributed by atoms with E-state index in [0.29, 0.717) is 0 Å². The van der Waals surface area contributed by atoms with Crippen molar-refractivity contribution in [1.82, 2.24) is 0 Å². The molecular formula is C68H42S2. The average molecular weight is 923 g/mol. The molecule has 70 heavy (non-hydrogen) atoms. The fourth-order valence-corrected chi connectivity index (χ4v) is 15.5. The van der Waals surface area contributed by atoms with Crippen molar-refractivity contribution in [3.8, 4) is 43.1 Å². The van der Waals surface area contributed by atoms with Crippen LogP contribution in [0.5, 0.6) is 0 Å². The van der Waals surface area contributed by atoms with E-state index in [2.05, 4.69) is 255 Å². The van der Waals surface area contributed by atoms with Crippen molar-refractivity contribution < 1.29 is 0 Å². The molecule has 326 valence electrons. The van der Waals surface area contributed by atoms with Crippen LogP contribution in [-0.4, -0.2) is 0 Å². The maximum absolute atomic E-state index is 2.55. The molecule has 2 aromatic heterocycles. The standard InChI is InChI=1S/C68H42S2/c1-5-21-45(22-6-1)67(46-23-7-2-8-24-46)57-41-43(37-39-53(57)65-63(67)55-33-17-19-35-59(55)69-65)61-49-29-13-15-31-51(49)62(52-32-16-14-30-50(52)61)44-38-40-54-58(42-44)68(47-25-9-3-10-26-47,48-27-11-4-12-28-48)64-56-34-18-20-36-60(56)70-66(54)64/h1-42H. The molecule has 0 aliphatic heterocycles. The molecule has 0 saturated heterocycles. The van der Waals surface area contributed by atoms with Gasteiger partial charge in [-0.3, -0.25) is 0 Å². The van der Waals surface area contributed by atoms with Crippen LogP contribution in [0.4, 0.5) is 0 Å². The third-order valence-electron chi connectivity index (χ3n) is 15.6. The van der Waals surface area contributed by atoms with Crippen molar-refractivity contribution in [3.63, 3.8) is 0 Å². The zero-order valence-corrected chi connectivity index (χ0v) is 39.7. The summed E-state index contributed by atoms with van der Waals surface area (Å²) in [4.78, 5) is 2.73.